The van der Waals surface area contributed by atoms with Crippen LogP contribution in [0, 0.1) is 5.92 Å². The summed E-state index contributed by atoms with van der Waals surface area (Å²) in [5.41, 5.74) is 3.45. The van der Waals surface area contributed by atoms with E-state index in [1.807, 2.05) is 0 Å². The maximum atomic E-state index is 12.8. The SMILES string of the molecule is CN(C)c1cccc(/C=C2\CC3(OC(=O)C4CCCCC4)CCCN2C3)c1. The maximum absolute atomic E-state index is 12.8. The summed E-state index contributed by atoms with van der Waals surface area (Å²) in [6.07, 6.45) is 10.9. The standard InChI is InChI=1S/C23H32N2O2/c1-24(2)20-11-6-8-18(14-20)15-21-16-23(12-7-13-25(21)17-23)27-22(26)19-9-4-3-5-10-19/h6,8,11,14-15,19H,3-5,7,9-10,12-13,16-17H2,1-2H3/b21-15+. The second-order valence-electron chi connectivity index (χ2n) is 8.77. The summed E-state index contributed by atoms with van der Waals surface area (Å²) in [5, 5.41) is 0. The van der Waals surface area contributed by atoms with Crippen LogP contribution >= 0.6 is 0 Å². The molecule has 1 unspecified atom stereocenters. The highest BCUT2D eigenvalue weighted by Gasteiger charge is 2.47. The van der Waals surface area contributed by atoms with Crippen LogP contribution in [-0.4, -0.2) is 43.7 Å². The molecule has 0 amide bonds. The molecule has 4 rings (SSSR count). The topological polar surface area (TPSA) is 32.8 Å². The fourth-order valence-corrected chi connectivity index (χ4v) is 4.91. The second kappa shape index (κ2) is 7.57. The molecule has 3 fully saturated rings. The zero-order valence-electron chi connectivity index (χ0n) is 16.7. The number of hydrogen-bond acceptors (Lipinski definition) is 4. The van der Waals surface area contributed by atoms with Gasteiger partial charge < -0.3 is 14.5 Å². The first kappa shape index (κ1) is 18.4. The molecule has 1 atom stereocenters. The minimum atomic E-state index is -0.294. The Labute approximate surface area is 163 Å². The molecular weight excluding hydrogens is 336 g/mol. The van der Waals surface area contributed by atoms with Gasteiger partial charge in [0.05, 0.1) is 12.5 Å². The van der Waals surface area contributed by atoms with Gasteiger partial charge in [0.25, 0.3) is 0 Å². The number of carbonyl (C=O) groups excluding carboxylic acids is 1. The summed E-state index contributed by atoms with van der Waals surface area (Å²) in [6, 6.07) is 8.61. The third-order valence-corrected chi connectivity index (χ3v) is 6.42. The molecule has 1 aromatic rings. The Kier molecular flexibility index (Phi) is 5.16. The van der Waals surface area contributed by atoms with E-state index in [0.29, 0.717) is 0 Å². The summed E-state index contributed by atoms with van der Waals surface area (Å²) in [5.74, 6) is 0.195. The lowest BCUT2D eigenvalue weighted by atomic mass is 9.88. The summed E-state index contributed by atoms with van der Waals surface area (Å²) < 4.78 is 6.21. The van der Waals surface area contributed by atoms with E-state index in [1.54, 1.807) is 0 Å². The van der Waals surface area contributed by atoms with Crippen molar-refractivity contribution < 1.29 is 9.53 Å². The van der Waals surface area contributed by atoms with Gasteiger partial charge in [0.2, 0.25) is 0 Å². The molecule has 0 N–H and O–H groups in total. The fraction of sp³-hybridized carbons (Fsp3) is 0.609. The first-order chi connectivity index (χ1) is 13.0. The summed E-state index contributed by atoms with van der Waals surface area (Å²) >= 11 is 0. The average Bonchev–Trinajstić information content (AvgIpc) is 2.91. The smallest absolute Gasteiger partial charge is 0.309 e. The van der Waals surface area contributed by atoms with Crippen LogP contribution in [-0.2, 0) is 9.53 Å². The quantitative estimate of drug-likeness (QED) is 0.735. The van der Waals surface area contributed by atoms with E-state index in [-0.39, 0.29) is 17.5 Å². The van der Waals surface area contributed by atoms with Crippen molar-refractivity contribution in [2.24, 2.45) is 5.92 Å². The van der Waals surface area contributed by atoms with Crippen molar-refractivity contribution in [1.82, 2.24) is 4.90 Å². The van der Waals surface area contributed by atoms with Gasteiger partial charge in [-0.15, -0.1) is 0 Å². The number of ether oxygens (including phenoxy) is 1. The predicted octanol–water partition coefficient (Wildman–Crippen LogP) is 4.46. The molecule has 0 spiro atoms. The Hall–Kier alpha value is -1.97. The number of carbonyl (C=O) groups is 1. The Morgan fingerprint density at radius 3 is 2.81 bits per heavy atom. The van der Waals surface area contributed by atoms with Crippen LogP contribution in [0.2, 0.25) is 0 Å². The second-order valence-corrected chi connectivity index (χ2v) is 8.77. The van der Waals surface area contributed by atoms with Gasteiger partial charge in [0, 0.05) is 38.4 Å². The van der Waals surface area contributed by atoms with E-state index in [0.717, 1.165) is 45.2 Å². The molecule has 3 aliphatic rings. The van der Waals surface area contributed by atoms with Crippen LogP contribution in [0.15, 0.2) is 30.0 Å². The molecule has 2 saturated heterocycles. The Balaban J connectivity index is 1.50. The molecular formula is C23H32N2O2. The summed E-state index contributed by atoms with van der Waals surface area (Å²) in [7, 11) is 4.13. The zero-order valence-corrected chi connectivity index (χ0v) is 16.7. The molecule has 1 aliphatic carbocycles. The molecule has 4 heteroatoms. The number of rotatable bonds is 4. The van der Waals surface area contributed by atoms with Crippen molar-refractivity contribution in [2.75, 3.05) is 32.1 Å². The summed E-state index contributed by atoms with van der Waals surface area (Å²) in [4.78, 5) is 17.3. The normalized spacial score (nSPS) is 27.0. The van der Waals surface area contributed by atoms with Gasteiger partial charge in [-0.2, -0.15) is 0 Å². The van der Waals surface area contributed by atoms with Crippen LogP contribution in [0.5, 0.6) is 0 Å². The Bertz CT molecular complexity index is 721. The number of piperidine rings is 1. The van der Waals surface area contributed by atoms with Crippen molar-refractivity contribution in [1.29, 1.82) is 0 Å². The van der Waals surface area contributed by atoms with Crippen LogP contribution in [0.25, 0.3) is 6.08 Å². The highest BCUT2D eigenvalue weighted by atomic mass is 16.6. The van der Waals surface area contributed by atoms with Gasteiger partial charge >= 0.3 is 5.97 Å². The van der Waals surface area contributed by atoms with Gasteiger partial charge in [-0.25, -0.2) is 0 Å². The van der Waals surface area contributed by atoms with E-state index < -0.39 is 0 Å². The number of fused-ring (bicyclic) bond motifs is 2. The van der Waals surface area contributed by atoms with Crippen molar-refractivity contribution in [3.8, 4) is 0 Å². The van der Waals surface area contributed by atoms with E-state index in [4.69, 9.17) is 4.74 Å². The molecule has 146 valence electrons. The van der Waals surface area contributed by atoms with Gasteiger partial charge in [-0.05, 0) is 49.5 Å². The van der Waals surface area contributed by atoms with Gasteiger partial charge in [-0.3, -0.25) is 4.79 Å². The minimum absolute atomic E-state index is 0.0624. The van der Waals surface area contributed by atoms with E-state index in [9.17, 15) is 4.79 Å². The highest BCUT2D eigenvalue weighted by Crippen LogP contribution is 2.42. The number of benzene rings is 1. The number of esters is 1. The van der Waals surface area contributed by atoms with Crippen LogP contribution in [0.3, 0.4) is 0 Å². The first-order valence-corrected chi connectivity index (χ1v) is 10.5. The predicted molar refractivity (Wildman–Crippen MR) is 110 cm³/mol. The Morgan fingerprint density at radius 1 is 1.22 bits per heavy atom. The third kappa shape index (κ3) is 3.99. The molecule has 0 aromatic heterocycles. The molecule has 27 heavy (non-hydrogen) atoms. The summed E-state index contributed by atoms with van der Waals surface area (Å²) in [6.45, 7) is 1.94. The fourth-order valence-electron chi connectivity index (χ4n) is 4.91. The lowest BCUT2D eigenvalue weighted by molar-refractivity contribution is -0.167. The van der Waals surface area contributed by atoms with Crippen molar-refractivity contribution in [2.45, 2.75) is 57.0 Å². The molecule has 1 aromatic carbocycles. The van der Waals surface area contributed by atoms with Gasteiger partial charge in [0.15, 0.2) is 0 Å². The lowest BCUT2D eigenvalue weighted by Gasteiger charge is -2.35. The molecule has 2 heterocycles. The molecule has 4 nitrogen and oxygen atoms in total. The minimum Gasteiger partial charge on any atom is -0.457 e. The van der Waals surface area contributed by atoms with E-state index >= 15 is 0 Å². The first-order valence-electron chi connectivity index (χ1n) is 10.5. The van der Waals surface area contributed by atoms with Crippen LogP contribution in [0.4, 0.5) is 5.69 Å². The number of nitrogens with zero attached hydrogens (tertiary/aromatic N) is 2. The largest absolute Gasteiger partial charge is 0.457 e. The molecule has 1 saturated carbocycles. The lowest BCUT2D eigenvalue weighted by Crippen LogP contribution is -2.43. The third-order valence-electron chi connectivity index (χ3n) is 6.42. The van der Waals surface area contributed by atoms with Crippen LogP contribution in [0.1, 0.15) is 56.9 Å². The average molecular weight is 369 g/mol. The number of hydrogen-bond donors (Lipinski definition) is 0. The van der Waals surface area contributed by atoms with Crippen molar-refractivity contribution in [3.05, 3.63) is 35.5 Å². The Morgan fingerprint density at radius 2 is 2.04 bits per heavy atom. The zero-order chi connectivity index (χ0) is 18.9. The molecule has 0 radical (unpaired) electrons. The van der Waals surface area contributed by atoms with Gasteiger partial charge in [-0.1, -0.05) is 31.4 Å². The van der Waals surface area contributed by atoms with E-state index in [2.05, 4.69) is 54.2 Å². The molecule has 2 bridgehead atoms. The van der Waals surface area contributed by atoms with Gasteiger partial charge in [0.1, 0.15) is 5.60 Å². The van der Waals surface area contributed by atoms with Crippen LogP contribution < -0.4 is 4.90 Å². The highest BCUT2D eigenvalue weighted by molar-refractivity contribution is 5.73. The molecule has 2 aliphatic heterocycles. The van der Waals surface area contributed by atoms with E-state index in [1.165, 1.54) is 36.2 Å². The maximum Gasteiger partial charge on any atom is 0.309 e. The van der Waals surface area contributed by atoms with Crippen molar-refractivity contribution >= 4 is 17.7 Å². The number of anilines is 1. The van der Waals surface area contributed by atoms with Crippen molar-refractivity contribution in [3.63, 3.8) is 0 Å². The monoisotopic (exact) mass is 368 g/mol.